The topological polar surface area (TPSA) is 26.3 Å². The zero-order valence-corrected chi connectivity index (χ0v) is 10.7. The maximum Gasteiger partial charge on any atom is 0.305 e. The average Bonchev–Trinajstić information content (AvgIpc) is 2.27. The van der Waals surface area contributed by atoms with Crippen molar-refractivity contribution in [2.45, 2.75) is 65.2 Å². The molecule has 0 aliphatic carbocycles. The predicted molar refractivity (Wildman–Crippen MR) is 67.0 cm³/mol. The van der Waals surface area contributed by atoms with Gasteiger partial charge >= 0.3 is 5.97 Å². The Kier molecular flexibility index (Phi) is 11.4. The molecule has 0 fully saturated rings. The van der Waals surface area contributed by atoms with Crippen LogP contribution in [0.4, 0.5) is 0 Å². The van der Waals surface area contributed by atoms with Crippen LogP contribution in [0.15, 0.2) is 0 Å². The summed E-state index contributed by atoms with van der Waals surface area (Å²) in [7, 11) is 0. The first-order chi connectivity index (χ1) is 7.81. The second-order valence-corrected chi connectivity index (χ2v) is 3.82. The van der Waals surface area contributed by atoms with E-state index in [0.29, 0.717) is 13.0 Å². The summed E-state index contributed by atoms with van der Waals surface area (Å²) < 4.78 is 4.83. The number of hydrogen-bond acceptors (Lipinski definition) is 2. The molecule has 0 aliphatic rings. The second kappa shape index (κ2) is 12.1. The van der Waals surface area contributed by atoms with Gasteiger partial charge in [0.05, 0.1) is 6.61 Å². The van der Waals surface area contributed by atoms with Crippen molar-refractivity contribution in [1.82, 2.24) is 0 Å². The molecule has 0 aromatic heterocycles. The van der Waals surface area contributed by atoms with Crippen molar-refractivity contribution in [3.63, 3.8) is 0 Å². The molecule has 0 aromatic rings. The molecule has 2 nitrogen and oxygen atoms in total. The number of carbonyl (C=O) groups is 1. The van der Waals surface area contributed by atoms with Gasteiger partial charge in [-0.3, -0.25) is 4.79 Å². The van der Waals surface area contributed by atoms with Crippen LogP contribution in [0.1, 0.15) is 65.2 Å². The fourth-order valence-electron chi connectivity index (χ4n) is 1.37. The highest BCUT2D eigenvalue weighted by atomic mass is 16.5. The Bertz CT molecular complexity index is 223. The molecular formula is C14H24O2. The number of carbonyl (C=O) groups excluding carboxylic acids is 1. The van der Waals surface area contributed by atoms with Gasteiger partial charge < -0.3 is 4.74 Å². The van der Waals surface area contributed by atoms with E-state index in [9.17, 15) is 4.79 Å². The van der Waals surface area contributed by atoms with Crippen LogP contribution in [-0.4, -0.2) is 12.6 Å². The van der Waals surface area contributed by atoms with Gasteiger partial charge in [0, 0.05) is 19.3 Å². The quantitative estimate of drug-likeness (QED) is 0.357. The van der Waals surface area contributed by atoms with Crippen molar-refractivity contribution < 1.29 is 9.53 Å². The van der Waals surface area contributed by atoms with E-state index in [2.05, 4.69) is 18.8 Å². The fourth-order valence-corrected chi connectivity index (χ4v) is 1.37. The lowest BCUT2D eigenvalue weighted by molar-refractivity contribution is -0.143. The summed E-state index contributed by atoms with van der Waals surface area (Å²) in [4.78, 5) is 11.0. The smallest absolute Gasteiger partial charge is 0.305 e. The Labute approximate surface area is 99.8 Å². The molecule has 0 N–H and O–H groups in total. The van der Waals surface area contributed by atoms with Crippen LogP contribution in [0.5, 0.6) is 0 Å². The van der Waals surface area contributed by atoms with Gasteiger partial charge in [0.2, 0.25) is 0 Å². The number of rotatable bonds is 8. The molecule has 0 heterocycles. The summed E-state index contributed by atoms with van der Waals surface area (Å²) in [5.41, 5.74) is 0. The minimum absolute atomic E-state index is 0.104. The van der Waals surface area contributed by atoms with Crippen LogP contribution in [0.2, 0.25) is 0 Å². The molecule has 0 amide bonds. The lowest BCUT2D eigenvalue weighted by Gasteiger charge is -1.98. The van der Waals surface area contributed by atoms with Gasteiger partial charge in [-0.1, -0.05) is 26.2 Å². The van der Waals surface area contributed by atoms with Gasteiger partial charge in [-0.2, -0.15) is 0 Å². The third kappa shape index (κ3) is 11.1. The normalized spacial score (nSPS) is 9.38. The van der Waals surface area contributed by atoms with E-state index in [1.807, 2.05) is 6.92 Å². The van der Waals surface area contributed by atoms with Crippen LogP contribution in [0, 0.1) is 11.8 Å². The number of unbranched alkanes of at least 4 members (excludes halogenated alkanes) is 5. The van der Waals surface area contributed by atoms with E-state index in [4.69, 9.17) is 4.74 Å². The average molecular weight is 224 g/mol. The molecule has 2 heteroatoms. The first-order valence-corrected chi connectivity index (χ1v) is 6.42. The van der Waals surface area contributed by atoms with Crippen molar-refractivity contribution in [3.8, 4) is 11.8 Å². The van der Waals surface area contributed by atoms with Crippen LogP contribution >= 0.6 is 0 Å². The maximum atomic E-state index is 11.0. The van der Waals surface area contributed by atoms with Crippen LogP contribution in [0.25, 0.3) is 0 Å². The first-order valence-electron chi connectivity index (χ1n) is 6.42. The molecule has 92 valence electrons. The van der Waals surface area contributed by atoms with Gasteiger partial charge in [-0.25, -0.2) is 0 Å². The molecule has 0 saturated heterocycles. The monoisotopic (exact) mass is 224 g/mol. The van der Waals surface area contributed by atoms with Crippen molar-refractivity contribution in [3.05, 3.63) is 0 Å². The standard InChI is InChI=1S/C14H24O2/c1-3-5-6-7-8-9-10-11-12-13-14(15)16-4-2/h3-8,11-13H2,1-2H3. The molecule has 0 spiro atoms. The molecule has 0 unspecified atom stereocenters. The van der Waals surface area contributed by atoms with E-state index >= 15 is 0 Å². The second-order valence-electron chi connectivity index (χ2n) is 3.82. The fraction of sp³-hybridized carbons (Fsp3) is 0.786. The van der Waals surface area contributed by atoms with Crippen molar-refractivity contribution in [2.75, 3.05) is 6.61 Å². The SMILES string of the molecule is CCCCCCC#CCCCC(=O)OCC. The predicted octanol–water partition coefficient (Wildman–Crippen LogP) is 3.69. The van der Waals surface area contributed by atoms with E-state index in [1.165, 1.54) is 25.7 Å². The Hall–Kier alpha value is -0.970. The van der Waals surface area contributed by atoms with Gasteiger partial charge in [0.15, 0.2) is 0 Å². The zero-order valence-electron chi connectivity index (χ0n) is 10.7. The van der Waals surface area contributed by atoms with E-state index in [1.54, 1.807) is 0 Å². The lowest BCUT2D eigenvalue weighted by Crippen LogP contribution is -2.02. The van der Waals surface area contributed by atoms with Crippen molar-refractivity contribution in [1.29, 1.82) is 0 Å². The summed E-state index contributed by atoms with van der Waals surface area (Å²) in [6, 6.07) is 0. The molecule has 16 heavy (non-hydrogen) atoms. The third-order valence-corrected chi connectivity index (χ3v) is 2.27. The van der Waals surface area contributed by atoms with Crippen LogP contribution in [0.3, 0.4) is 0 Å². The molecule has 0 atom stereocenters. The van der Waals surface area contributed by atoms with Gasteiger partial charge in [0.1, 0.15) is 0 Å². The number of hydrogen-bond donors (Lipinski definition) is 0. The minimum Gasteiger partial charge on any atom is -0.466 e. The molecule has 0 aliphatic heterocycles. The third-order valence-electron chi connectivity index (χ3n) is 2.27. The van der Waals surface area contributed by atoms with Gasteiger partial charge in [-0.05, 0) is 19.8 Å². The molecule has 0 radical (unpaired) electrons. The Morgan fingerprint density at radius 1 is 1.00 bits per heavy atom. The van der Waals surface area contributed by atoms with Gasteiger partial charge in [-0.15, -0.1) is 11.8 Å². The summed E-state index contributed by atoms with van der Waals surface area (Å²) in [6.07, 6.45) is 8.20. The highest BCUT2D eigenvalue weighted by Crippen LogP contribution is 2.01. The van der Waals surface area contributed by atoms with E-state index in [0.717, 1.165) is 19.3 Å². The molecule has 0 aromatic carbocycles. The van der Waals surface area contributed by atoms with E-state index < -0.39 is 0 Å². The first kappa shape index (κ1) is 15.0. The number of ether oxygens (including phenoxy) is 1. The lowest BCUT2D eigenvalue weighted by atomic mass is 10.1. The molecule has 0 saturated carbocycles. The minimum atomic E-state index is -0.104. The largest absolute Gasteiger partial charge is 0.466 e. The summed E-state index contributed by atoms with van der Waals surface area (Å²) in [6.45, 7) is 4.51. The Balaban J connectivity index is 3.24. The van der Waals surface area contributed by atoms with E-state index in [-0.39, 0.29) is 5.97 Å². The molecule has 0 rings (SSSR count). The summed E-state index contributed by atoms with van der Waals surface area (Å²) in [5.74, 6) is 6.15. The number of esters is 1. The highest BCUT2D eigenvalue weighted by molar-refractivity contribution is 5.69. The maximum absolute atomic E-state index is 11.0. The Morgan fingerprint density at radius 3 is 2.31 bits per heavy atom. The Morgan fingerprint density at radius 2 is 1.69 bits per heavy atom. The zero-order chi connectivity index (χ0) is 12.1. The molecule has 0 bridgehead atoms. The molecular weight excluding hydrogens is 200 g/mol. The van der Waals surface area contributed by atoms with Crippen LogP contribution < -0.4 is 0 Å². The summed E-state index contributed by atoms with van der Waals surface area (Å²) in [5, 5.41) is 0. The highest BCUT2D eigenvalue weighted by Gasteiger charge is 1.98. The summed E-state index contributed by atoms with van der Waals surface area (Å²) >= 11 is 0. The van der Waals surface area contributed by atoms with Crippen LogP contribution in [-0.2, 0) is 9.53 Å². The van der Waals surface area contributed by atoms with Crippen molar-refractivity contribution in [2.24, 2.45) is 0 Å². The van der Waals surface area contributed by atoms with Crippen molar-refractivity contribution >= 4 is 5.97 Å². The van der Waals surface area contributed by atoms with Gasteiger partial charge in [0.25, 0.3) is 0 Å².